The Labute approximate surface area is 116 Å². The minimum atomic E-state index is 0.661. The van der Waals surface area contributed by atoms with Gasteiger partial charge in [-0.3, -0.25) is 0 Å². The normalized spacial score (nSPS) is 10.6. The van der Waals surface area contributed by atoms with Crippen molar-refractivity contribution in [2.75, 3.05) is 11.5 Å². The van der Waals surface area contributed by atoms with Gasteiger partial charge in [0.2, 0.25) is 0 Å². The van der Waals surface area contributed by atoms with Gasteiger partial charge < -0.3 is 11.5 Å². The molecular weight excluding hydrogens is 260 g/mol. The molecule has 0 aliphatic heterocycles. The lowest BCUT2D eigenvalue weighted by molar-refractivity contribution is 1.24. The first-order valence-electron chi connectivity index (χ1n) is 5.64. The third-order valence-electron chi connectivity index (χ3n) is 2.90. The van der Waals surface area contributed by atoms with Crippen molar-refractivity contribution in [2.24, 2.45) is 0 Å². The summed E-state index contributed by atoms with van der Waals surface area (Å²) in [7, 11) is 3.45. The molecule has 0 atom stereocenters. The summed E-state index contributed by atoms with van der Waals surface area (Å²) in [5.74, 6) is 0. The van der Waals surface area contributed by atoms with Gasteiger partial charge in [-0.2, -0.15) is 0 Å². The topological polar surface area (TPSA) is 52.0 Å². The van der Waals surface area contributed by atoms with Gasteiger partial charge in [0, 0.05) is 9.79 Å². The van der Waals surface area contributed by atoms with E-state index in [2.05, 4.69) is 19.1 Å². The van der Waals surface area contributed by atoms with Crippen LogP contribution >= 0.6 is 21.6 Å². The molecule has 2 aromatic rings. The molecule has 0 radical (unpaired) electrons. The Morgan fingerprint density at radius 2 is 1.56 bits per heavy atom. The van der Waals surface area contributed by atoms with E-state index in [1.165, 1.54) is 15.4 Å². The summed E-state index contributed by atoms with van der Waals surface area (Å²) in [5.41, 5.74) is 15.5. The number of benzene rings is 2. The molecule has 0 spiro atoms. The van der Waals surface area contributed by atoms with Gasteiger partial charge in [-0.05, 0) is 43.2 Å². The van der Waals surface area contributed by atoms with E-state index in [1.807, 2.05) is 31.2 Å². The van der Waals surface area contributed by atoms with Gasteiger partial charge in [-0.25, -0.2) is 0 Å². The van der Waals surface area contributed by atoms with E-state index in [0.29, 0.717) is 11.4 Å². The van der Waals surface area contributed by atoms with Crippen molar-refractivity contribution in [1.29, 1.82) is 0 Å². The van der Waals surface area contributed by atoms with E-state index in [0.717, 1.165) is 5.56 Å². The van der Waals surface area contributed by atoms with Gasteiger partial charge >= 0.3 is 0 Å². The smallest absolute Gasteiger partial charge is 0.0580 e. The van der Waals surface area contributed by atoms with E-state index in [-0.39, 0.29) is 0 Å². The molecule has 4 heteroatoms. The van der Waals surface area contributed by atoms with Crippen LogP contribution < -0.4 is 11.5 Å². The molecule has 0 heterocycles. The Bertz CT molecular complexity index is 553. The predicted molar refractivity (Wildman–Crippen MR) is 82.9 cm³/mol. The fourth-order valence-electron chi connectivity index (χ4n) is 1.59. The average molecular weight is 276 g/mol. The van der Waals surface area contributed by atoms with Crippen molar-refractivity contribution in [3.8, 4) is 0 Å². The maximum absolute atomic E-state index is 5.92. The number of nitrogen functional groups attached to an aromatic ring is 2. The molecule has 2 aromatic carbocycles. The zero-order chi connectivity index (χ0) is 13.1. The van der Waals surface area contributed by atoms with E-state index >= 15 is 0 Å². The Morgan fingerprint density at radius 1 is 0.889 bits per heavy atom. The molecule has 2 nitrogen and oxygen atoms in total. The minimum Gasteiger partial charge on any atom is -0.397 e. The fraction of sp³-hybridized carbons (Fsp3) is 0.143. The van der Waals surface area contributed by atoms with Gasteiger partial charge in [0.05, 0.1) is 11.4 Å². The van der Waals surface area contributed by atoms with Crippen molar-refractivity contribution in [3.63, 3.8) is 0 Å². The predicted octanol–water partition coefficient (Wildman–Crippen LogP) is 4.27. The zero-order valence-electron chi connectivity index (χ0n) is 10.4. The standard InChI is InChI=1S/C14H16N2S2/c1-9-10(2)14(16)12(15)8-13(9)18-17-11-6-4-3-5-7-11/h3-8H,15-16H2,1-2H3. The van der Waals surface area contributed by atoms with Crippen molar-refractivity contribution < 1.29 is 0 Å². The third kappa shape index (κ3) is 2.76. The van der Waals surface area contributed by atoms with Crippen LogP contribution in [-0.4, -0.2) is 0 Å². The van der Waals surface area contributed by atoms with Crippen molar-refractivity contribution in [3.05, 3.63) is 47.5 Å². The lowest BCUT2D eigenvalue weighted by Crippen LogP contribution is -2.00. The van der Waals surface area contributed by atoms with Gasteiger partial charge in [0.15, 0.2) is 0 Å². The van der Waals surface area contributed by atoms with Crippen LogP contribution in [0.5, 0.6) is 0 Å². The SMILES string of the molecule is Cc1c(SSc2ccccc2)cc(N)c(N)c1C. The highest BCUT2D eigenvalue weighted by molar-refractivity contribution is 8.76. The van der Waals surface area contributed by atoms with E-state index in [4.69, 9.17) is 11.5 Å². The number of nitrogens with two attached hydrogens (primary N) is 2. The molecule has 0 aliphatic rings. The Balaban J connectivity index is 2.20. The Hall–Kier alpha value is -1.26. The number of hydrogen-bond acceptors (Lipinski definition) is 4. The molecule has 4 N–H and O–H groups in total. The highest BCUT2D eigenvalue weighted by atomic mass is 33.1. The molecule has 2 rings (SSSR count). The largest absolute Gasteiger partial charge is 0.397 e. The molecule has 0 aliphatic carbocycles. The highest BCUT2D eigenvalue weighted by Gasteiger charge is 2.09. The van der Waals surface area contributed by atoms with Gasteiger partial charge in [0.1, 0.15) is 0 Å². The molecule has 18 heavy (non-hydrogen) atoms. The monoisotopic (exact) mass is 276 g/mol. The second-order valence-corrected chi connectivity index (χ2v) is 6.35. The maximum atomic E-state index is 5.92. The lowest BCUT2D eigenvalue weighted by Gasteiger charge is -2.12. The molecule has 0 bridgehead atoms. The van der Waals surface area contributed by atoms with Crippen molar-refractivity contribution in [1.82, 2.24) is 0 Å². The fourth-order valence-corrected chi connectivity index (χ4v) is 3.90. The molecule has 0 saturated heterocycles. The highest BCUT2D eigenvalue weighted by Crippen LogP contribution is 2.41. The van der Waals surface area contributed by atoms with Crippen LogP contribution in [0.1, 0.15) is 11.1 Å². The van der Waals surface area contributed by atoms with Crippen molar-refractivity contribution >= 4 is 33.0 Å². The van der Waals surface area contributed by atoms with Crippen LogP contribution in [0.15, 0.2) is 46.2 Å². The average Bonchev–Trinajstić information content (AvgIpc) is 2.40. The first kappa shape index (κ1) is 13.2. The molecule has 0 aromatic heterocycles. The van der Waals surface area contributed by atoms with E-state index in [1.54, 1.807) is 21.6 Å². The van der Waals surface area contributed by atoms with Crippen LogP contribution in [-0.2, 0) is 0 Å². The molecule has 0 saturated carbocycles. The summed E-state index contributed by atoms with van der Waals surface area (Å²) in [5, 5.41) is 0. The number of hydrogen-bond donors (Lipinski definition) is 2. The van der Waals surface area contributed by atoms with Crippen LogP contribution in [0.3, 0.4) is 0 Å². The van der Waals surface area contributed by atoms with Gasteiger partial charge in [-0.1, -0.05) is 39.8 Å². The number of anilines is 2. The van der Waals surface area contributed by atoms with Crippen LogP contribution in [0.2, 0.25) is 0 Å². The second kappa shape index (κ2) is 5.59. The molecular formula is C14H16N2S2. The van der Waals surface area contributed by atoms with Crippen LogP contribution in [0.4, 0.5) is 11.4 Å². The second-order valence-electron chi connectivity index (χ2n) is 4.11. The van der Waals surface area contributed by atoms with Crippen LogP contribution in [0, 0.1) is 13.8 Å². The quantitative estimate of drug-likeness (QED) is 0.649. The zero-order valence-corrected chi connectivity index (χ0v) is 12.1. The Kier molecular flexibility index (Phi) is 4.09. The summed E-state index contributed by atoms with van der Waals surface area (Å²) in [4.78, 5) is 2.41. The molecule has 0 fully saturated rings. The Morgan fingerprint density at radius 3 is 2.22 bits per heavy atom. The minimum absolute atomic E-state index is 0.661. The van der Waals surface area contributed by atoms with E-state index < -0.39 is 0 Å². The summed E-state index contributed by atoms with van der Waals surface area (Å²) < 4.78 is 0. The molecule has 0 amide bonds. The van der Waals surface area contributed by atoms with E-state index in [9.17, 15) is 0 Å². The summed E-state index contributed by atoms with van der Waals surface area (Å²) >= 11 is 0. The maximum Gasteiger partial charge on any atom is 0.0580 e. The van der Waals surface area contributed by atoms with Gasteiger partial charge in [0.25, 0.3) is 0 Å². The summed E-state index contributed by atoms with van der Waals surface area (Å²) in [6.45, 7) is 4.09. The van der Waals surface area contributed by atoms with Gasteiger partial charge in [-0.15, -0.1) is 0 Å². The number of rotatable bonds is 3. The van der Waals surface area contributed by atoms with Crippen molar-refractivity contribution in [2.45, 2.75) is 23.6 Å². The third-order valence-corrected chi connectivity index (χ3v) is 5.42. The van der Waals surface area contributed by atoms with Crippen LogP contribution in [0.25, 0.3) is 0 Å². The summed E-state index contributed by atoms with van der Waals surface area (Å²) in [6.07, 6.45) is 0. The summed E-state index contributed by atoms with van der Waals surface area (Å²) in [6, 6.07) is 12.3. The lowest BCUT2D eigenvalue weighted by atomic mass is 10.1. The molecule has 94 valence electrons. The molecule has 0 unspecified atom stereocenters. The first-order chi connectivity index (χ1) is 8.59. The first-order valence-corrected chi connectivity index (χ1v) is 7.79.